The van der Waals surface area contributed by atoms with Crippen LogP contribution in [0.2, 0.25) is 0 Å². The van der Waals surface area contributed by atoms with E-state index in [9.17, 15) is 9.59 Å². The highest BCUT2D eigenvalue weighted by atomic mass is 16.2. The average molecular weight is 352 g/mol. The van der Waals surface area contributed by atoms with Gasteiger partial charge in [-0.1, -0.05) is 29.8 Å². The van der Waals surface area contributed by atoms with Gasteiger partial charge in [-0.25, -0.2) is 10.2 Å². The zero-order valence-electron chi connectivity index (χ0n) is 15.1. The average Bonchev–Trinajstić information content (AvgIpc) is 3.02. The molecule has 8 nitrogen and oxygen atoms in total. The van der Waals surface area contributed by atoms with E-state index in [1.807, 2.05) is 49.6 Å². The highest BCUT2D eigenvalue weighted by Gasteiger charge is 2.26. The van der Waals surface area contributed by atoms with Gasteiger partial charge in [-0.2, -0.15) is 10.1 Å². The first kappa shape index (κ1) is 16.3. The molecule has 0 fully saturated rings. The van der Waals surface area contributed by atoms with E-state index in [0.29, 0.717) is 17.1 Å². The second-order valence-electron chi connectivity index (χ2n) is 6.74. The molecule has 1 N–H and O–H groups in total. The molecular formula is C18H20N6O2. The van der Waals surface area contributed by atoms with E-state index in [4.69, 9.17) is 0 Å². The Bertz CT molecular complexity index is 1160. The Morgan fingerprint density at radius 1 is 1.15 bits per heavy atom. The van der Waals surface area contributed by atoms with E-state index < -0.39 is 0 Å². The van der Waals surface area contributed by atoms with E-state index in [1.165, 1.54) is 9.13 Å². The maximum absolute atomic E-state index is 13.2. The third-order valence-corrected chi connectivity index (χ3v) is 4.96. The molecule has 1 aliphatic rings. The van der Waals surface area contributed by atoms with Crippen LogP contribution in [0.25, 0.3) is 11.2 Å². The largest absolute Gasteiger partial charge is 0.332 e. The minimum atomic E-state index is -0.385. The lowest BCUT2D eigenvalue weighted by molar-refractivity contribution is 0.645. The first-order chi connectivity index (χ1) is 12.4. The first-order valence-electron chi connectivity index (χ1n) is 8.46. The molecule has 26 heavy (non-hydrogen) atoms. The Balaban J connectivity index is 1.97. The summed E-state index contributed by atoms with van der Waals surface area (Å²) in [6.45, 7) is 6.06. The van der Waals surface area contributed by atoms with Crippen LogP contribution in [0.15, 0.2) is 39.0 Å². The van der Waals surface area contributed by atoms with Crippen LogP contribution in [0, 0.1) is 6.92 Å². The SMILES string of the molecule is CC1=NNc2nc3c(c(=O)n(Cc4ccc(C)cc4)c(=O)n3C)n2[C@@H]1C. The molecule has 0 aliphatic carbocycles. The van der Waals surface area contributed by atoms with Crippen LogP contribution in [0.4, 0.5) is 5.95 Å². The number of hydrogen-bond donors (Lipinski definition) is 1. The van der Waals surface area contributed by atoms with Crippen molar-refractivity contribution in [2.75, 3.05) is 5.43 Å². The molecule has 3 aromatic rings. The molecule has 0 bridgehead atoms. The van der Waals surface area contributed by atoms with Crippen LogP contribution in [0.5, 0.6) is 0 Å². The number of rotatable bonds is 2. The molecule has 0 spiro atoms. The highest BCUT2D eigenvalue weighted by molar-refractivity contribution is 5.90. The zero-order valence-corrected chi connectivity index (χ0v) is 15.1. The number of imidazole rings is 1. The molecule has 3 heterocycles. The van der Waals surface area contributed by atoms with E-state index in [-0.39, 0.29) is 23.8 Å². The predicted molar refractivity (Wildman–Crippen MR) is 101 cm³/mol. The van der Waals surface area contributed by atoms with Gasteiger partial charge >= 0.3 is 5.69 Å². The molecule has 0 amide bonds. The third kappa shape index (κ3) is 2.29. The van der Waals surface area contributed by atoms with Gasteiger partial charge in [0.25, 0.3) is 5.56 Å². The van der Waals surface area contributed by atoms with Crippen LogP contribution in [-0.2, 0) is 13.6 Å². The number of hydrogen-bond acceptors (Lipinski definition) is 5. The van der Waals surface area contributed by atoms with Crippen LogP contribution in [-0.4, -0.2) is 24.4 Å². The summed E-state index contributed by atoms with van der Waals surface area (Å²) in [5.41, 5.74) is 5.77. The number of nitrogens with zero attached hydrogens (tertiary/aromatic N) is 5. The second-order valence-corrected chi connectivity index (χ2v) is 6.74. The fourth-order valence-electron chi connectivity index (χ4n) is 3.23. The van der Waals surface area contributed by atoms with Gasteiger partial charge < -0.3 is 0 Å². The van der Waals surface area contributed by atoms with Crippen molar-refractivity contribution in [2.24, 2.45) is 12.1 Å². The summed E-state index contributed by atoms with van der Waals surface area (Å²) in [6.07, 6.45) is 0. The van der Waals surface area contributed by atoms with Gasteiger partial charge in [-0.15, -0.1) is 0 Å². The lowest BCUT2D eigenvalue weighted by Gasteiger charge is -2.21. The minimum Gasteiger partial charge on any atom is -0.294 e. The smallest absolute Gasteiger partial charge is 0.294 e. The van der Waals surface area contributed by atoms with Crippen LogP contribution < -0.4 is 16.7 Å². The molecule has 0 saturated carbocycles. The summed E-state index contributed by atoms with van der Waals surface area (Å²) in [5, 5.41) is 4.21. The van der Waals surface area contributed by atoms with Crippen molar-refractivity contribution in [1.82, 2.24) is 18.7 Å². The Hall–Kier alpha value is -3.16. The summed E-state index contributed by atoms with van der Waals surface area (Å²) < 4.78 is 4.49. The van der Waals surface area contributed by atoms with Crippen LogP contribution >= 0.6 is 0 Å². The Morgan fingerprint density at radius 2 is 1.85 bits per heavy atom. The van der Waals surface area contributed by atoms with Gasteiger partial charge in [0.2, 0.25) is 5.95 Å². The maximum atomic E-state index is 13.2. The maximum Gasteiger partial charge on any atom is 0.332 e. The number of hydrazone groups is 1. The van der Waals surface area contributed by atoms with Crippen LogP contribution in [0.3, 0.4) is 0 Å². The molecule has 0 radical (unpaired) electrons. The van der Waals surface area contributed by atoms with E-state index in [1.54, 1.807) is 7.05 Å². The number of benzene rings is 1. The second kappa shape index (κ2) is 5.69. The molecule has 0 saturated heterocycles. The number of nitrogens with one attached hydrogen (secondary N) is 1. The lowest BCUT2D eigenvalue weighted by atomic mass is 10.1. The van der Waals surface area contributed by atoms with Gasteiger partial charge in [0, 0.05) is 7.05 Å². The molecule has 2 aromatic heterocycles. The predicted octanol–water partition coefficient (Wildman–Crippen LogP) is 1.62. The molecule has 134 valence electrons. The number of aryl methyl sites for hydroxylation is 2. The molecule has 1 atom stereocenters. The molecule has 1 aliphatic heterocycles. The standard InChI is InChI=1S/C18H20N6O2/c1-10-5-7-13(8-6-10)9-23-16(25)14-15(22(4)18(23)26)19-17-21-20-11(2)12(3)24(14)17/h5-8,12H,9H2,1-4H3,(H,19,21)/t12-/m1/s1. The van der Waals surface area contributed by atoms with Crippen molar-refractivity contribution in [3.05, 3.63) is 56.2 Å². The Kier molecular flexibility index (Phi) is 3.57. The van der Waals surface area contributed by atoms with Crippen molar-refractivity contribution in [3.8, 4) is 0 Å². The Labute approximate surface area is 149 Å². The van der Waals surface area contributed by atoms with Crippen molar-refractivity contribution in [1.29, 1.82) is 0 Å². The van der Waals surface area contributed by atoms with E-state index in [2.05, 4.69) is 15.5 Å². The summed E-state index contributed by atoms with van der Waals surface area (Å²) in [7, 11) is 1.63. The minimum absolute atomic E-state index is 0.116. The molecule has 8 heteroatoms. The van der Waals surface area contributed by atoms with Gasteiger partial charge in [0.15, 0.2) is 11.2 Å². The van der Waals surface area contributed by atoms with E-state index in [0.717, 1.165) is 16.8 Å². The topological polar surface area (TPSA) is 86.2 Å². The van der Waals surface area contributed by atoms with Crippen molar-refractivity contribution in [3.63, 3.8) is 0 Å². The fourth-order valence-corrected chi connectivity index (χ4v) is 3.23. The summed E-state index contributed by atoms with van der Waals surface area (Å²) >= 11 is 0. The molecule has 1 aromatic carbocycles. The first-order valence-corrected chi connectivity index (χ1v) is 8.46. The number of fused-ring (bicyclic) bond motifs is 3. The highest BCUT2D eigenvalue weighted by Crippen LogP contribution is 2.25. The zero-order chi connectivity index (χ0) is 18.6. The van der Waals surface area contributed by atoms with Gasteiger partial charge in [-0.3, -0.25) is 18.5 Å². The monoisotopic (exact) mass is 352 g/mol. The van der Waals surface area contributed by atoms with Crippen molar-refractivity contribution >= 4 is 22.8 Å². The molecule has 0 unspecified atom stereocenters. The lowest BCUT2D eigenvalue weighted by Crippen LogP contribution is -2.40. The Morgan fingerprint density at radius 3 is 2.54 bits per heavy atom. The fraction of sp³-hybridized carbons (Fsp3) is 0.333. The van der Waals surface area contributed by atoms with E-state index >= 15 is 0 Å². The van der Waals surface area contributed by atoms with Gasteiger partial charge in [-0.05, 0) is 26.3 Å². The number of anilines is 1. The summed E-state index contributed by atoms with van der Waals surface area (Å²) in [4.78, 5) is 30.4. The van der Waals surface area contributed by atoms with Gasteiger partial charge in [0.05, 0.1) is 18.3 Å². The van der Waals surface area contributed by atoms with Crippen LogP contribution in [0.1, 0.15) is 31.0 Å². The summed E-state index contributed by atoms with van der Waals surface area (Å²) in [5.74, 6) is 0.471. The quantitative estimate of drug-likeness (QED) is 0.759. The molecule has 4 rings (SSSR count). The normalized spacial score (nSPS) is 16.3. The van der Waals surface area contributed by atoms with Crippen molar-refractivity contribution < 1.29 is 0 Å². The summed E-state index contributed by atoms with van der Waals surface area (Å²) in [6, 6.07) is 7.68. The van der Waals surface area contributed by atoms with Crippen molar-refractivity contribution in [2.45, 2.75) is 33.4 Å². The van der Waals surface area contributed by atoms with Gasteiger partial charge in [0.1, 0.15) is 0 Å². The molecular weight excluding hydrogens is 332 g/mol. The number of aromatic nitrogens is 4. The third-order valence-electron chi connectivity index (χ3n) is 4.96.